The molecule has 3 nitrogen and oxygen atoms in total. The zero-order valence-corrected chi connectivity index (χ0v) is 10.0. The molecule has 0 aliphatic carbocycles. The third-order valence-corrected chi connectivity index (χ3v) is 2.22. The number of amides is 2. The van der Waals surface area contributed by atoms with E-state index in [9.17, 15) is 4.79 Å². The molecule has 16 heavy (non-hydrogen) atoms. The Balaban J connectivity index is 2.96. The Bertz CT molecular complexity index is 391. The molecule has 2 amide bonds. The van der Waals surface area contributed by atoms with Gasteiger partial charge in [-0.05, 0) is 23.2 Å². The molecule has 1 aromatic rings. The summed E-state index contributed by atoms with van der Waals surface area (Å²) in [6, 6.07) is 7.51. The van der Waals surface area contributed by atoms with E-state index >= 15 is 0 Å². The molecule has 2 N–H and O–H groups in total. The molecular formula is C13H18N2O. The first kappa shape index (κ1) is 12.3. The van der Waals surface area contributed by atoms with Crippen molar-refractivity contribution < 1.29 is 4.79 Å². The standard InChI is InChI=1S/C13H18N2O/c1-5-14-12(16)15-11-9-7-6-8-10(11)13(2,3)4/h5-9H,1H2,2-4H3,(H2,14,15,16). The summed E-state index contributed by atoms with van der Waals surface area (Å²) in [5, 5.41) is 5.28. The van der Waals surface area contributed by atoms with Gasteiger partial charge in [0.1, 0.15) is 0 Å². The van der Waals surface area contributed by atoms with E-state index in [1.54, 1.807) is 0 Å². The summed E-state index contributed by atoms with van der Waals surface area (Å²) in [5.74, 6) is 0. The monoisotopic (exact) mass is 218 g/mol. The molecule has 0 aliphatic rings. The topological polar surface area (TPSA) is 41.1 Å². The van der Waals surface area contributed by atoms with Gasteiger partial charge >= 0.3 is 6.03 Å². The Morgan fingerprint density at radius 3 is 2.50 bits per heavy atom. The van der Waals surface area contributed by atoms with Crippen molar-refractivity contribution in [3.63, 3.8) is 0 Å². The second kappa shape index (κ2) is 4.84. The van der Waals surface area contributed by atoms with Crippen molar-refractivity contribution in [3.8, 4) is 0 Å². The third-order valence-electron chi connectivity index (χ3n) is 2.22. The number of hydrogen-bond acceptors (Lipinski definition) is 1. The lowest BCUT2D eigenvalue weighted by Crippen LogP contribution is -2.25. The number of hydrogen-bond donors (Lipinski definition) is 2. The first-order valence-electron chi connectivity index (χ1n) is 5.23. The number of nitrogens with one attached hydrogen (secondary N) is 2. The molecule has 0 bridgehead atoms. The molecular weight excluding hydrogens is 200 g/mol. The number of carbonyl (C=O) groups excluding carboxylic acids is 1. The van der Waals surface area contributed by atoms with Gasteiger partial charge in [0.25, 0.3) is 0 Å². The molecule has 0 saturated heterocycles. The minimum Gasteiger partial charge on any atom is -0.315 e. The molecule has 3 heteroatoms. The molecule has 0 heterocycles. The van der Waals surface area contributed by atoms with E-state index in [1.165, 1.54) is 6.20 Å². The number of anilines is 1. The lowest BCUT2D eigenvalue weighted by molar-refractivity contribution is 0.255. The van der Waals surface area contributed by atoms with E-state index in [0.717, 1.165) is 11.3 Å². The second-order valence-corrected chi connectivity index (χ2v) is 4.60. The average Bonchev–Trinajstić information content (AvgIpc) is 2.17. The van der Waals surface area contributed by atoms with Gasteiger partial charge in [0.15, 0.2) is 0 Å². The smallest absolute Gasteiger partial charge is 0.315 e. The summed E-state index contributed by atoms with van der Waals surface area (Å²) in [6.07, 6.45) is 1.36. The summed E-state index contributed by atoms with van der Waals surface area (Å²) >= 11 is 0. The molecule has 0 spiro atoms. The van der Waals surface area contributed by atoms with Gasteiger partial charge in [-0.1, -0.05) is 45.5 Å². The first-order valence-corrected chi connectivity index (χ1v) is 5.23. The fourth-order valence-electron chi connectivity index (χ4n) is 1.50. The van der Waals surface area contributed by atoms with Crippen molar-refractivity contribution in [3.05, 3.63) is 42.6 Å². The lowest BCUT2D eigenvalue weighted by Gasteiger charge is -2.22. The Morgan fingerprint density at radius 2 is 1.94 bits per heavy atom. The second-order valence-electron chi connectivity index (χ2n) is 4.60. The minimum absolute atomic E-state index is 0.00193. The van der Waals surface area contributed by atoms with Crippen LogP contribution in [-0.4, -0.2) is 6.03 Å². The third kappa shape index (κ3) is 3.12. The van der Waals surface area contributed by atoms with E-state index < -0.39 is 0 Å². The van der Waals surface area contributed by atoms with Crippen molar-refractivity contribution in [2.45, 2.75) is 26.2 Å². The first-order chi connectivity index (χ1) is 7.45. The maximum absolute atomic E-state index is 11.4. The summed E-state index contributed by atoms with van der Waals surface area (Å²) in [5.41, 5.74) is 1.93. The maximum atomic E-state index is 11.4. The summed E-state index contributed by atoms with van der Waals surface area (Å²) in [4.78, 5) is 11.4. The molecule has 0 saturated carbocycles. The number of urea groups is 1. The maximum Gasteiger partial charge on any atom is 0.323 e. The highest BCUT2D eigenvalue weighted by Crippen LogP contribution is 2.28. The fraction of sp³-hybridized carbons (Fsp3) is 0.308. The Kier molecular flexibility index (Phi) is 3.72. The van der Waals surface area contributed by atoms with Gasteiger partial charge in [0.05, 0.1) is 0 Å². The molecule has 86 valence electrons. The van der Waals surface area contributed by atoms with Gasteiger partial charge in [0, 0.05) is 5.69 Å². The fourth-order valence-corrected chi connectivity index (χ4v) is 1.50. The molecule has 0 aliphatic heterocycles. The summed E-state index contributed by atoms with van der Waals surface area (Å²) < 4.78 is 0. The molecule has 0 fully saturated rings. The van der Waals surface area contributed by atoms with Crippen LogP contribution in [0.3, 0.4) is 0 Å². The Labute approximate surface area is 96.6 Å². The average molecular weight is 218 g/mol. The molecule has 1 aromatic carbocycles. The predicted octanol–water partition coefficient (Wildman–Crippen LogP) is 3.25. The van der Waals surface area contributed by atoms with Crippen LogP contribution < -0.4 is 10.6 Å². The highest BCUT2D eigenvalue weighted by molar-refractivity contribution is 5.90. The van der Waals surface area contributed by atoms with Gasteiger partial charge in [0.2, 0.25) is 0 Å². The van der Waals surface area contributed by atoms with Gasteiger partial charge in [-0.3, -0.25) is 0 Å². The summed E-state index contributed by atoms with van der Waals surface area (Å²) in [7, 11) is 0. The van der Waals surface area contributed by atoms with Gasteiger partial charge < -0.3 is 10.6 Å². The summed E-state index contributed by atoms with van der Waals surface area (Å²) in [6.45, 7) is 9.77. The lowest BCUT2D eigenvalue weighted by atomic mass is 9.86. The molecule has 0 aromatic heterocycles. The zero-order valence-electron chi connectivity index (χ0n) is 10.0. The van der Waals surface area contributed by atoms with Crippen LogP contribution in [0.1, 0.15) is 26.3 Å². The normalized spacial score (nSPS) is 10.7. The zero-order chi connectivity index (χ0) is 12.2. The van der Waals surface area contributed by atoms with Gasteiger partial charge in [-0.15, -0.1) is 0 Å². The minimum atomic E-state index is -0.272. The number of benzene rings is 1. The van der Waals surface area contributed by atoms with Gasteiger partial charge in [-0.25, -0.2) is 4.79 Å². The van der Waals surface area contributed by atoms with Crippen molar-refractivity contribution in [2.75, 3.05) is 5.32 Å². The SMILES string of the molecule is C=CNC(=O)Nc1ccccc1C(C)(C)C. The number of para-hydroxylation sites is 1. The largest absolute Gasteiger partial charge is 0.323 e. The Morgan fingerprint density at radius 1 is 1.31 bits per heavy atom. The van der Waals surface area contributed by atoms with Crippen LogP contribution in [0.25, 0.3) is 0 Å². The van der Waals surface area contributed by atoms with Crippen LogP contribution in [0, 0.1) is 0 Å². The van der Waals surface area contributed by atoms with E-state index in [4.69, 9.17) is 0 Å². The number of carbonyl (C=O) groups is 1. The highest BCUT2D eigenvalue weighted by Gasteiger charge is 2.18. The molecule has 0 atom stereocenters. The highest BCUT2D eigenvalue weighted by atomic mass is 16.2. The van der Waals surface area contributed by atoms with Crippen LogP contribution in [-0.2, 0) is 5.41 Å². The van der Waals surface area contributed by atoms with Crippen molar-refractivity contribution >= 4 is 11.7 Å². The van der Waals surface area contributed by atoms with Crippen LogP contribution >= 0.6 is 0 Å². The van der Waals surface area contributed by atoms with E-state index in [2.05, 4.69) is 38.0 Å². The molecule has 1 rings (SSSR count). The predicted molar refractivity (Wildman–Crippen MR) is 67.5 cm³/mol. The van der Waals surface area contributed by atoms with Gasteiger partial charge in [-0.2, -0.15) is 0 Å². The van der Waals surface area contributed by atoms with Crippen LogP contribution in [0.4, 0.5) is 10.5 Å². The number of rotatable bonds is 2. The van der Waals surface area contributed by atoms with Crippen molar-refractivity contribution in [2.24, 2.45) is 0 Å². The quantitative estimate of drug-likeness (QED) is 0.786. The van der Waals surface area contributed by atoms with Crippen molar-refractivity contribution in [1.82, 2.24) is 5.32 Å². The van der Waals surface area contributed by atoms with E-state index in [-0.39, 0.29) is 11.4 Å². The van der Waals surface area contributed by atoms with Crippen LogP contribution in [0.2, 0.25) is 0 Å². The van der Waals surface area contributed by atoms with Crippen LogP contribution in [0.15, 0.2) is 37.0 Å². The molecule has 0 radical (unpaired) electrons. The van der Waals surface area contributed by atoms with E-state index in [1.807, 2.05) is 24.3 Å². The van der Waals surface area contributed by atoms with Crippen molar-refractivity contribution in [1.29, 1.82) is 0 Å². The van der Waals surface area contributed by atoms with Crippen LogP contribution in [0.5, 0.6) is 0 Å². The molecule has 0 unspecified atom stereocenters. The Hall–Kier alpha value is -1.77. The van der Waals surface area contributed by atoms with E-state index in [0.29, 0.717) is 0 Å².